The van der Waals surface area contributed by atoms with E-state index in [1.54, 1.807) is 19.1 Å². The van der Waals surface area contributed by atoms with Crippen molar-refractivity contribution in [2.45, 2.75) is 19.4 Å². The number of hydrogen-bond donors (Lipinski definition) is 1. The summed E-state index contributed by atoms with van der Waals surface area (Å²) in [5.74, 6) is -1.26. The van der Waals surface area contributed by atoms with Gasteiger partial charge in [0.05, 0.1) is 11.4 Å². The van der Waals surface area contributed by atoms with Crippen LogP contribution in [0.15, 0.2) is 34.9 Å². The zero-order chi connectivity index (χ0) is 15.7. The van der Waals surface area contributed by atoms with Crippen molar-refractivity contribution in [3.05, 3.63) is 47.6 Å². The van der Waals surface area contributed by atoms with Crippen molar-refractivity contribution in [1.82, 2.24) is 10.5 Å². The highest BCUT2D eigenvalue weighted by atomic mass is 19.1. The van der Waals surface area contributed by atoms with Gasteiger partial charge in [-0.1, -0.05) is 17.3 Å². The molecule has 1 aliphatic rings. The molecule has 22 heavy (non-hydrogen) atoms. The third-order valence-corrected chi connectivity index (χ3v) is 3.51. The van der Waals surface area contributed by atoms with Gasteiger partial charge in [0.1, 0.15) is 11.9 Å². The molecule has 2 aromatic rings. The number of anilines is 1. The van der Waals surface area contributed by atoms with Gasteiger partial charge in [-0.25, -0.2) is 4.39 Å². The molecule has 2 amide bonds. The summed E-state index contributed by atoms with van der Waals surface area (Å²) in [5, 5.41) is 6.22. The Labute approximate surface area is 125 Å². The molecule has 1 fully saturated rings. The fourth-order valence-electron chi connectivity index (χ4n) is 2.42. The number of carbonyl (C=O) groups is 2. The maximum Gasteiger partial charge on any atom is 0.290 e. The highest BCUT2D eigenvalue weighted by Crippen LogP contribution is 2.24. The first-order valence-electron chi connectivity index (χ1n) is 6.86. The number of hydrogen-bond acceptors (Lipinski definition) is 4. The summed E-state index contributed by atoms with van der Waals surface area (Å²) in [6.07, 6.45) is 0.409. The normalized spacial score (nSPS) is 17.8. The number of rotatable bonds is 3. The number of para-hydroxylation sites is 1. The Hall–Kier alpha value is -2.70. The first-order chi connectivity index (χ1) is 10.6. The van der Waals surface area contributed by atoms with E-state index >= 15 is 0 Å². The second-order valence-corrected chi connectivity index (χ2v) is 5.09. The van der Waals surface area contributed by atoms with Crippen LogP contribution >= 0.6 is 0 Å². The molecule has 6 nitrogen and oxygen atoms in total. The van der Waals surface area contributed by atoms with Crippen molar-refractivity contribution in [3.63, 3.8) is 0 Å². The van der Waals surface area contributed by atoms with Gasteiger partial charge in [-0.05, 0) is 25.5 Å². The van der Waals surface area contributed by atoms with Gasteiger partial charge in [-0.15, -0.1) is 0 Å². The molecule has 0 saturated carbocycles. The van der Waals surface area contributed by atoms with E-state index < -0.39 is 17.8 Å². The summed E-state index contributed by atoms with van der Waals surface area (Å²) >= 11 is 0. The number of aromatic nitrogens is 1. The fourth-order valence-corrected chi connectivity index (χ4v) is 2.42. The van der Waals surface area contributed by atoms with E-state index in [4.69, 9.17) is 4.52 Å². The van der Waals surface area contributed by atoms with E-state index in [1.807, 2.05) is 0 Å². The summed E-state index contributed by atoms with van der Waals surface area (Å²) in [6, 6.07) is 6.85. The lowest BCUT2D eigenvalue weighted by molar-refractivity contribution is -0.118. The zero-order valence-electron chi connectivity index (χ0n) is 11.9. The number of halogens is 1. The van der Waals surface area contributed by atoms with Crippen molar-refractivity contribution < 1.29 is 18.5 Å². The Bertz CT molecular complexity index is 728. The zero-order valence-corrected chi connectivity index (χ0v) is 11.9. The predicted molar refractivity (Wildman–Crippen MR) is 75.9 cm³/mol. The maximum absolute atomic E-state index is 13.8. The number of aryl methyl sites for hydroxylation is 1. The van der Waals surface area contributed by atoms with E-state index in [0.717, 1.165) is 0 Å². The molecule has 0 bridgehead atoms. The Kier molecular flexibility index (Phi) is 3.62. The second-order valence-electron chi connectivity index (χ2n) is 5.09. The van der Waals surface area contributed by atoms with Crippen LogP contribution in [0.1, 0.15) is 22.7 Å². The topological polar surface area (TPSA) is 75.4 Å². The van der Waals surface area contributed by atoms with Crippen LogP contribution in [-0.4, -0.2) is 29.6 Å². The van der Waals surface area contributed by atoms with E-state index in [2.05, 4.69) is 10.5 Å². The summed E-state index contributed by atoms with van der Waals surface area (Å²) < 4.78 is 18.6. The molecule has 1 saturated heterocycles. The van der Waals surface area contributed by atoms with Crippen molar-refractivity contribution in [1.29, 1.82) is 0 Å². The van der Waals surface area contributed by atoms with Crippen molar-refractivity contribution in [2.75, 3.05) is 11.4 Å². The molecule has 1 N–H and O–H groups in total. The number of nitrogens with one attached hydrogen (secondary N) is 1. The molecule has 114 valence electrons. The fraction of sp³-hybridized carbons (Fsp3) is 0.267. The molecule has 2 heterocycles. The van der Waals surface area contributed by atoms with Gasteiger partial charge in [-0.2, -0.15) is 0 Å². The Morgan fingerprint density at radius 1 is 1.45 bits per heavy atom. The highest BCUT2D eigenvalue weighted by Gasteiger charge is 2.35. The molecule has 1 unspecified atom stereocenters. The summed E-state index contributed by atoms with van der Waals surface area (Å²) in [4.78, 5) is 25.6. The van der Waals surface area contributed by atoms with E-state index in [-0.39, 0.29) is 17.4 Å². The van der Waals surface area contributed by atoms with Crippen LogP contribution in [0.25, 0.3) is 0 Å². The first-order valence-corrected chi connectivity index (χ1v) is 6.86. The Morgan fingerprint density at radius 3 is 2.91 bits per heavy atom. The molecule has 1 aliphatic heterocycles. The van der Waals surface area contributed by atoms with Crippen LogP contribution in [0.3, 0.4) is 0 Å². The summed E-state index contributed by atoms with van der Waals surface area (Å²) in [7, 11) is 0. The molecule has 0 radical (unpaired) electrons. The molecule has 1 aromatic carbocycles. The average Bonchev–Trinajstić information content (AvgIpc) is 3.07. The van der Waals surface area contributed by atoms with E-state index in [1.165, 1.54) is 23.1 Å². The van der Waals surface area contributed by atoms with Gasteiger partial charge >= 0.3 is 0 Å². The first kappa shape index (κ1) is 14.2. The van der Waals surface area contributed by atoms with Gasteiger partial charge in [-0.3, -0.25) is 9.59 Å². The van der Waals surface area contributed by atoms with E-state index in [0.29, 0.717) is 18.7 Å². The van der Waals surface area contributed by atoms with Crippen LogP contribution < -0.4 is 10.2 Å². The lowest BCUT2D eigenvalue weighted by Crippen LogP contribution is -2.41. The lowest BCUT2D eigenvalue weighted by Gasteiger charge is -2.17. The largest absolute Gasteiger partial charge is 0.351 e. The highest BCUT2D eigenvalue weighted by molar-refractivity contribution is 6.03. The number of carbonyl (C=O) groups excluding carboxylic acids is 2. The molecule has 3 rings (SSSR count). The van der Waals surface area contributed by atoms with Gasteiger partial charge in [0.15, 0.2) is 0 Å². The van der Waals surface area contributed by atoms with Crippen LogP contribution in [0.2, 0.25) is 0 Å². The third-order valence-electron chi connectivity index (χ3n) is 3.51. The summed E-state index contributed by atoms with van der Waals surface area (Å²) in [6.45, 7) is 2.04. The Balaban J connectivity index is 1.72. The number of amides is 2. The average molecular weight is 303 g/mol. The minimum Gasteiger partial charge on any atom is -0.351 e. The molecule has 0 spiro atoms. The Morgan fingerprint density at radius 2 is 2.23 bits per heavy atom. The van der Waals surface area contributed by atoms with Crippen LogP contribution in [-0.2, 0) is 4.79 Å². The molecule has 1 atom stereocenters. The summed E-state index contributed by atoms with van der Waals surface area (Å²) in [5.41, 5.74) is 0.802. The quantitative estimate of drug-likeness (QED) is 0.935. The maximum atomic E-state index is 13.8. The monoisotopic (exact) mass is 303 g/mol. The van der Waals surface area contributed by atoms with Crippen molar-refractivity contribution >= 4 is 17.5 Å². The standard InChI is InChI=1S/C15H14FN3O3/c1-9-8-13(22-18-9)14(20)17-11-6-7-19(15(11)21)12-5-3-2-4-10(12)16/h2-5,8,11H,6-7H2,1H3,(H,17,20). The van der Waals surface area contributed by atoms with Crippen molar-refractivity contribution in [3.8, 4) is 0 Å². The minimum absolute atomic E-state index is 0.0506. The van der Waals surface area contributed by atoms with Gasteiger partial charge in [0.2, 0.25) is 11.7 Å². The second kappa shape index (κ2) is 5.59. The third kappa shape index (κ3) is 2.57. The van der Waals surface area contributed by atoms with E-state index in [9.17, 15) is 14.0 Å². The van der Waals surface area contributed by atoms with Gasteiger partial charge in [0.25, 0.3) is 5.91 Å². The molecule has 1 aromatic heterocycles. The number of benzene rings is 1. The smallest absolute Gasteiger partial charge is 0.290 e. The number of nitrogens with zero attached hydrogens (tertiary/aromatic N) is 2. The van der Waals surface area contributed by atoms with Gasteiger partial charge < -0.3 is 14.7 Å². The molecule has 0 aliphatic carbocycles. The predicted octanol–water partition coefficient (Wildman–Crippen LogP) is 1.66. The van der Waals surface area contributed by atoms with Crippen LogP contribution in [0, 0.1) is 12.7 Å². The van der Waals surface area contributed by atoms with Gasteiger partial charge in [0, 0.05) is 12.6 Å². The molecular weight excluding hydrogens is 289 g/mol. The minimum atomic E-state index is -0.697. The lowest BCUT2D eigenvalue weighted by atomic mass is 10.2. The molecule has 7 heteroatoms. The van der Waals surface area contributed by atoms with Crippen molar-refractivity contribution in [2.24, 2.45) is 0 Å². The SMILES string of the molecule is Cc1cc(C(=O)NC2CCN(c3ccccc3F)C2=O)on1. The van der Waals surface area contributed by atoms with Crippen LogP contribution in [0.4, 0.5) is 10.1 Å². The molecular formula is C15H14FN3O3. The van der Waals surface area contributed by atoms with Crippen LogP contribution in [0.5, 0.6) is 0 Å².